The molecular weight excluding hydrogens is 382 g/mol. The summed E-state index contributed by atoms with van der Waals surface area (Å²) in [5, 5.41) is 17.3. The average molecular weight is 401 g/mol. The number of fused-ring (bicyclic) bond motifs is 1. The molecular formula is C16H19N9O2S. The van der Waals surface area contributed by atoms with Crippen LogP contribution in [-0.4, -0.2) is 38.7 Å². The normalized spacial score (nSPS) is 11.4. The molecule has 11 nitrogen and oxygen atoms in total. The summed E-state index contributed by atoms with van der Waals surface area (Å²) in [5.41, 5.74) is 1.93. The third-order valence-corrected chi connectivity index (χ3v) is 5.34. The van der Waals surface area contributed by atoms with Crippen molar-refractivity contribution in [2.45, 2.75) is 27.1 Å². The van der Waals surface area contributed by atoms with Crippen LogP contribution in [0.15, 0.2) is 22.0 Å². The van der Waals surface area contributed by atoms with Crippen LogP contribution in [0.4, 0.5) is 5.13 Å². The Morgan fingerprint density at radius 3 is 2.64 bits per heavy atom. The van der Waals surface area contributed by atoms with E-state index in [9.17, 15) is 9.59 Å². The van der Waals surface area contributed by atoms with Gasteiger partial charge in [-0.25, -0.2) is 9.78 Å². The van der Waals surface area contributed by atoms with Crippen molar-refractivity contribution in [3.63, 3.8) is 0 Å². The summed E-state index contributed by atoms with van der Waals surface area (Å²) < 4.78 is 5.96. The van der Waals surface area contributed by atoms with Crippen LogP contribution in [0.3, 0.4) is 0 Å². The van der Waals surface area contributed by atoms with Crippen LogP contribution < -0.4 is 16.6 Å². The van der Waals surface area contributed by atoms with Gasteiger partial charge in [-0.1, -0.05) is 11.3 Å². The van der Waals surface area contributed by atoms with Crippen molar-refractivity contribution < 1.29 is 0 Å². The Balaban J connectivity index is 1.57. The molecule has 0 aliphatic rings. The molecule has 4 rings (SSSR count). The Bertz CT molecular complexity index is 1290. The number of hydrogen-bond donors (Lipinski definition) is 1. The van der Waals surface area contributed by atoms with E-state index in [0.717, 1.165) is 16.0 Å². The maximum Gasteiger partial charge on any atom is 0.332 e. The number of anilines is 1. The molecule has 0 aliphatic carbocycles. The molecule has 12 heteroatoms. The van der Waals surface area contributed by atoms with Gasteiger partial charge in [0.05, 0.1) is 18.6 Å². The second kappa shape index (κ2) is 6.71. The molecule has 0 unspecified atom stereocenters. The number of nitrogens with one attached hydrogen (secondary N) is 1. The van der Waals surface area contributed by atoms with E-state index < -0.39 is 5.69 Å². The zero-order chi connectivity index (χ0) is 20.0. The van der Waals surface area contributed by atoms with Crippen LogP contribution in [0.2, 0.25) is 0 Å². The van der Waals surface area contributed by atoms with Gasteiger partial charge < -0.3 is 9.88 Å². The van der Waals surface area contributed by atoms with Gasteiger partial charge >= 0.3 is 5.69 Å². The van der Waals surface area contributed by atoms with E-state index in [4.69, 9.17) is 0 Å². The van der Waals surface area contributed by atoms with Crippen molar-refractivity contribution >= 4 is 27.6 Å². The third kappa shape index (κ3) is 3.01. The fourth-order valence-corrected chi connectivity index (χ4v) is 3.76. The average Bonchev–Trinajstić information content (AvgIpc) is 3.36. The molecule has 1 N–H and O–H groups in total. The maximum absolute atomic E-state index is 12.5. The molecule has 0 spiro atoms. The Morgan fingerprint density at radius 2 is 1.93 bits per heavy atom. The van der Waals surface area contributed by atoms with Crippen molar-refractivity contribution in [1.82, 2.24) is 38.7 Å². The Morgan fingerprint density at radius 1 is 1.14 bits per heavy atom. The highest BCUT2D eigenvalue weighted by molar-refractivity contribution is 7.15. The minimum absolute atomic E-state index is 0.337. The zero-order valence-electron chi connectivity index (χ0n) is 15.9. The number of rotatable bonds is 5. The van der Waals surface area contributed by atoms with Gasteiger partial charge in [0.25, 0.3) is 5.56 Å². The Kier molecular flexibility index (Phi) is 4.34. The summed E-state index contributed by atoms with van der Waals surface area (Å²) in [6.07, 6.45) is 1.54. The van der Waals surface area contributed by atoms with Crippen molar-refractivity contribution in [3.8, 4) is 0 Å². The van der Waals surface area contributed by atoms with Gasteiger partial charge in [-0.15, -0.1) is 10.2 Å². The summed E-state index contributed by atoms with van der Waals surface area (Å²) in [7, 11) is 3.04. The highest BCUT2D eigenvalue weighted by Gasteiger charge is 2.15. The van der Waals surface area contributed by atoms with E-state index in [0.29, 0.717) is 34.5 Å². The van der Waals surface area contributed by atoms with E-state index in [1.807, 2.05) is 24.6 Å². The topological polar surface area (TPSA) is 117 Å². The summed E-state index contributed by atoms with van der Waals surface area (Å²) >= 11 is 1.39. The molecule has 0 aromatic carbocycles. The minimum Gasteiger partial charge on any atom is -0.341 e. The predicted octanol–water partition coefficient (Wildman–Crippen LogP) is 0.216. The number of aryl methyl sites for hydroxylation is 3. The second-order valence-electron chi connectivity index (χ2n) is 6.51. The van der Waals surface area contributed by atoms with E-state index in [2.05, 4.69) is 25.6 Å². The van der Waals surface area contributed by atoms with E-state index in [-0.39, 0.29) is 5.56 Å². The zero-order valence-corrected chi connectivity index (χ0v) is 16.7. The molecule has 0 aliphatic heterocycles. The monoisotopic (exact) mass is 401 g/mol. The molecule has 4 heterocycles. The number of nitrogens with zero attached hydrogens (tertiary/aromatic N) is 8. The summed E-state index contributed by atoms with van der Waals surface area (Å²) in [4.78, 5) is 28.7. The van der Waals surface area contributed by atoms with Crippen molar-refractivity contribution in [3.05, 3.63) is 49.6 Å². The quantitative estimate of drug-likeness (QED) is 0.508. The van der Waals surface area contributed by atoms with E-state index >= 15 is 0 Å². The van der Waals surface area contributed by atoms with Gasteiger partial charge in [-0.3, -0.25) is 18.6 Å². The minimum atomic E-state index is -0.408. The first kappa shape index (κ1) is 18.1. The van der Waals surface area contributed by atoms with Gasteiger partial charge in [-0.05, 0) is 19.9 Å². The second-order valence-corrected chi connectivity index (χ2v) is 7.57. The van der Waals surface area contributed by atoms with Crippen LogP contribution in [0, 0.1) is 13.8 Å². The Labute approximate surface area is 162 Å². The van der Waals surface area contributed by atoms with Crippen LogP contribution in [0.5, 0.6) is 0 Å². The molecule has 0 fully saturated rings. The van der Waals surface area contributed by atoms with E-state index in [1.165, 1.54) is 29.3 Å². The lowest BCUT2D eigenvalue weighted by atomic mass is 10.4. The fourth-order valence-electron chi connectivity index (χ4n) is 3.03. The van der Waals surface area contributed by atoms with Gasteiger partial charge in [0.15, 0.2) is 11.2 Å². The number of aromatic nitrogens is 8. The summed E-state index contributed by atoms with van der Waals surface area (Å²) in [6, 6.07) is 2.01. The lowest BCUT2D eigenvalue weighted by molar-refractivity contribution is 0.642. The van der Waals surface area contributed by atoms with Crippen molar-refractivity contribution in [2.75, 3.05) is 5.32 Å². The fraction of sp³-hybridized carbons (Fsp3) is 0.375. The van der Waals surface area contributed by atoms with Gasteiger partial charge in [0.2, 0.25) is 5.13 Å². The van der Waals surface area contributed by atoms with Crippen molar-refractivity contribution in [1.29, 1.82) is 0 Å². The standard InChI is InChI=1S/C16H19N9O2S/c1-9-5-10(2)25(21-9)8-18-15-20-19-11(28-15)6-24-7-17-13-12(24)14(26)23(4)16(27)22(13)3/h5,7H,6,8H2,1-4H3,(H,18,20). The Hall–Kier alpha value is -3.28. The van der Waals surface area contributed by atoms with Crippen LogP contribution in [-0.2, 0) is 27.3 Å². The lowest BCUT2D eigenvalue weighted by Crippen LogP contribution is -2.37. The molecule has 0 saturated carbocycles. The first-order chi connectivity index (χ1) is 13.3. The smallest absolute Gasteiger partial charge is 0.332 e. The maximum atomic E-state index is 12.5. The SMILES string of the molecule is Cc1cc(C)n(CNc2nnc(Cn3cnc4c3c(=O)n(C)c(=O)n4C)s2)n1. The largest absolute Gasteiger partial charge is 0.341 e. The molecule has 4 aromatic heterocycles. The van der Waals surface area contributed by atoms with E-state index in [1.54, 1.807) is 11.6 Å². The predicted molar refractivity (Wildman–Crippen MR) is 105 cm³/mol. The molecule has 4 aromatic rings. The van der Waals surface area contributed by atoms with Gasteiger partial charge in [0, 0.05) is 19.8 Å². The third-order valence-electron chi connectivity index (χ3n) is 4.47. The highest BCUT2D eigenvalue weighted by Crippen LogP contribution is 2.18. The van der Waals surface area contributed by atoms with Crippen LogP contribution in [0.25, 0.3) is 11.2 Å². The summed E-state index contributed by atoms with van der Waals surface area (Å²) in [5.74, 6) is 0. The molecule has 146 valence electrons. The number of imidazole rings is 1. The van der Waals surface area contributed by atoms with Crippen molar-refractivity contribution in [2.24, 2.45) is 14.1 Å². The van der Waals surface area contributed by atoms with Gasteiger partial charge in [0.1, 0.15) is 11.7 Å². The molecule has 28 heavy (non-hydrogen) atoms. The first-order valence-corrected chi connectivity index (χ1v) is 9.35. The first-order valence-electron chi connectivity index (χ1n) is 8.53. The highest BCUT2D eigenvalue weighted by atomic mass is 32.1. The molecule has 0 amide bonds. The van der Waals surface area contributed by atoms with Crippen LogP contribution in [0.1, 0.15) is 16.4 Å². The van der Waals surface area contributed by atoms with Crippen LogP contribution >= 0.6 is 11.3 Å². The molecule has 0 bridgehead atoms. The molecule has 0 saturated heterocycles. The van der Waals surface area contributed by atoms with Gasteiger partial charge in [-0.2, -0.15) is 5.10 Å². The lowest BCUT2D eigenvalue weighted by Gasteiger charge is -2.05. The number of hydrogen-bond acceptors (Lipinski definition) is 8. The summed E-state index contributed by atoms with van der Waals surface area (Å²) in [6.45, 7) is 4.77. The molecule has 0 radical (unpaired) electrons. The molecule has 0 atom stereocenters.